The predicted octanol–water partition coefficient (Wildman–Crippen LogP) is 3.55. The van der Waals surface area contributed by atoms with Crippen molar-refractivity contribution < 1.29 is 4.79 Å². The predicted molar refractivity (Wildman–Crippen MR) is 81.2 cm³/mol. The summed E-state index contributed by atoms with van der Waals surface area (Å²) in [6, 6.07) is 6.04. The van der Waals surface area contributed by atoms with E-state index < -0.39 is 5.38 Å². The van der Waals surface area contributed by atoms with Crippen LogP contribution >= 0.6 is 11.6 Å². The van der Waals surface area contributed by atoms with Gasteiger partial charge in [-0.15, -0.1) is 11.6 Å². The van der Waals surface area contributed by atoms with Crippen LogP contribution in [0.15, 0.2) is 18.2 Å². The zero-order valence-electron chi connectivity index (χ0n) is 11.6. The molecule has 2 rings (SSSR count). The summed E-state index contributed by atoms with van der Waals surface area (Å²) in [6.45, 7) is 5.99. The Hall–Kier alpha value is -1.22. The lowest BCUT2D eigenvalue weighted by Gasteiger charge is -2.30. The minimum Gasteiger partial charge on any atom is -0.371 e. The zero-order valence-corrected chi connectivity index (χ0v) is 12.3. The van der Waals surface area contributed by atoms with Gasteiger partial charge < -0.3 is 10.2 Å². The van der Waals surface area contributed by atoms with Gasteiger partial charge in [0.15, 0.2) is 0 Å². The number of anilines is 2. The smallest absolute Gasteiger partial charge is 0.242 e. The number of amides is 1. The second-order valence-electron chi connectivity index (χ2n) is 5.15. The minimum atomic E-state index is -0.514. The van der Waals surface area contributed by atoms with Crippen LogP contribution in [0.25, 0.3) is 0 Å². The summed E-state index contributed by atoms with van der Waals surface area (Å²) in [6.07, 6.45) is 3.80. The summed E-state index contributed by atoms with van der Waals surface area (Å²) in [7, 11) is 0. The molecule has 0 radical (unpaired) electrons. The Morgan fingerprint density at radius 2 is 2.00 bits per heavy atom. The van der Waals surface area contributed by atoms with Crippen molar-refractivity contribution in [1.29, 1.82) is 0 Å². The highest BCUT2D eigenvalue weighted by Gasteiger charge is 2.15. The van der Waals surface area contributed by atoms with Gasteiger partial charge in [0.2, 0.25) is 5.91 Å². The summed E-state index contributed by atoms with van der Waals surface area (Å²) >= 11 is 5.78. The molecule has 0 aromatic heterocycles. The Kier molecular flexibility index (Phi) is 4.70. The van der Waals surface area contributed by atoms with E-state index >= 15 is 0 Å². The number of nitrogens with zero attached hydrogens (tertiary/aromatic N) is 1. The average molecular weight is 281 g/mol. The summed E-state index contributed by atoms with van der Waals surface area (Å²) in [5, 5.41) is 2.34. The summed E-state index contributed by atoms with van der Waals surface area (Å²) in [5.41, 5.74) is 3.29. The van der Waals surface area contributed by atoms with Crippen LogP contribution in [0.3, 0.4) is 0 Å². The summed E-state index contributed by atoms with van der Waals surface area (Å²) in [4.78, 5) is 14.0. The molecule has 1 N–H and O–H groups in total. The molecule has 1 fully saturated rings. The number of carbonyl (C=O) groups is 1. The molecule has 1 amide bonds. The second kappa shape index (κ2) is 6.29. The van der Waals surface area contributed by atoms with Gasteiger partial charge in [-0.2, -0.15) is 0 Å². The van der Waals surface area contributed by atoms with Crippen LogP contribution in [0.1, 0.15) is 31.7 Å². The van der Waals surface area contributed by atoms with Crippen LogP contribution in [0.2, 0.25) is 0 Å². The standard InChI is InChI=1S/C15H21ClN2O/c1-11-6-7-13(17-15(19)12(2)16)10-14(11)18-8-4-3-5-9-18/h6-7,10,12H,3-5,8-9H2,1-2H3,(H,17,19)/t12-/m1/s1. The maximum absolute atomic E-state index is 11.6. The lowest BCUT2D eigenvalue weighted by atomic mass is 10.1. The zero-order chi connectivity index (χ0) is 13.8. The maximum atomic E-state index is 11.6. The quantitative estimate of drug-likeness (QED) is 0.859. The fourth-order valence-electron chi connectivity index (χ4n) is 2.40. The number of nitrogens with one attached hydrogen (secondary N) is 1. The molecule has 104 valence electrons. The van der Waals surface area contributed by atoms with Gasteiger partial charge in [0.25, 0.3) is 0 Å². The van der Waals surface area contributed by atoms with E-state index in [-0.39, 0.29) is 5.91 Å². The normalized spacial score (nSPS) is 17.1. The second-order valence-corrected chi connectivity index (χ2v) is 5.81. The Balaban J connectivity index is 2.16. The summed E-state index contributed by atoms with van der Waals surface area (Å²) < 4.78 is 0. The van der Waals surface area contributed by atoms with Crippen molar-refractivity contribution in [3.8, 4) is 0 Å². The van der Waals surface area contributed by atoms with Gasteiger partial charge >= 0.3 is 0 Å². The van der Waals surface area contributed by atoms with Crippen molar-refractivity contribution in [2.24, 2.45) is 0 Å². The molecule has 0 saturated carbocycles. The number of piperidine rings is 1. The van der Waals surface area contributed by atoms with Gasteiger partial charge in [-0.1, -0.05) is 6.07 Å². The molecule has 3 nitrogen and oxygen atoms in total. The van der Waals surface area contributed by atoms with Crippen molar-refractivity contribution >= 4 is 28.9 Å². The molecule has 19 heavy (non-hydrogen) atoms. The third kappa shape index (κ3) is 3.63. The molecule has 1 aliphatic heterocycles. The summed E-state index contributed by atoms with van der Waals surface area (Å²) in [5.74, 6) is -0.157. The largest absolute Gasteiger partial charge is 0.371 e. The van der Waals surface area contributed by atoms with Gasteiger partial charge in [-0.3, -0.25) is 4.79 Å². The fourth-order valence-corrected chi connectivity index (χ4v) is 2.46. The van der Waals surface area contributed by atoms with Crippen molar-refractivity contribution in [2.75, 3.05) is 23.3 Å². The number of hydrogen-bond donors (Lipinski definition) is 1. The van der Waals surface area contributed by atoms with Crippen LogP contribution < -0.4 is 10.2 Å². The van der Waals surface area contributed by atoms with E-state index in [0.29, 0.717) is 0 Å². The number of carbonyl (C=O) groups excluding carboxylic acids is 1. The van der Waals surface area contributed by atoms with E-state index in [0.717, 1.165) is 18.8 Å². The molecule has 1 aliphatic rings. The van der Waals surface area contributed by atoms with E-state index in [1.165, 1.54) is 30.5 Å². The van der Waals surface area contributed by atoms with Crippen LogP contribution in [-0.2, 0) is 4.79 Å². The van der Waals surface area contributed by atoms with Gasteiger partial charge in [0.1, 0.15) is 5.38 Å². The van der Waals surface area contributed by atoms with E-state index in [2.05, 4.69) is 29.3 Å². The number of aryl methyl sites for hydroxylation is 1. The van der Waals surface area contributed by atoms with E-state index in [9.17, 15) is 4.79 Å². The van der Waals surface area contributed by atoms with E-state index in [1.807, 2.05) is 6.07 Å². The molecule has 1 saturated heterocycles. The molecule has 1 atom stereocenters. The van der Waals surface area contributed by atoms with Gasteiger partial charge in [-0.25, -0.2) is 0 Å². The first-order valence-electron chi connectivity index (χ1n) is 6.88. The first kappa shape index (κ1) is 14.2. The molecule has 0 bridgehead atoms. The van der Waals surface area contributed by atoms with Crippen LogP contribution in [-0.4, -0.2) is 24.4 Å². The maximum Gasteiger partial charge on any atom is 0.242 e. The van der Waals surface area contributed by atoms with Gasteiger partial charge in [0, 0.05) is 24.5 Å². The fraction of sp³-hybridized carbons (Fsp3) is 0.533. The molecular formula is C15H21ClN2O. The topological polar surface area (TPSA) is 32.3 Å². The molecule has 1 aromatic rings. The Morgan fingerprint density at radius 1 is 1.32 bits per heavy atom. The Labute approximate surface area is 119 Å². The monoisotopic (exact) mass is 280 g/mol. The third-order valence-electron chi connectivity index (χ3n) is 3.53. The Bertz CT molecular complexity index is 453. The number of rotatable bonds is 3. The van der Waals surface area contributed by atoms with Gasteiger partial charge in [-0.05, 0) is 50.8 Å². The van der Waals surface area contributed by atoms with Gasteiger partial charge in [0.05, 0.1) is 0 Å². The highest BCUT2D eigenvalue weighted by molar-refractivity contribution is 6.32. The molecular weight excluding hydrogens is 260 g/mol. The highest BCUT2D eigenvalue weighted by Crippen LogP contribution is 2.27. The van der Waals surface area contributed by atoms with Crippen molar-refractivity contribution in [3.63, 3.8) is 0 Å². The first-order chi connectivity index (χ1) is 9.08. The minimum absolute atomic E-state index is 0.157. The molecule has 1 aromatic carbocycles. The molecule has 4 heteroatoms. The first-order valence-corrected chi connectivity index (χ1v) is 7.32. The van der Waals surface area contributed by atoms with Crippen molar-refractivity contribution in [2.45, 2.75) is 38.5 Å². The van der Waals surface area contributed by atoms with E-state index in [4.69, 9.17) is 11.6 Å². The molecule has 0 unspecified atom stereocenters. The molecule has 0 aliphatic carbocycles. The van der Waals surface area contributed by atoms with Crippen molar-refractivity contribution in [3.05, 3.63) is 23.8 Å². The Morgan fingerprint density at radius 3 is 2.63 bits per heavy atom. The van der Waals surface area contributed by atoms with E-state index in [1.54, 1.807) is 6.92 Å². The number of halogens is 1. The van der Waals surface area contributed by atoms with Crippen LogP contribution in [0.5, 0.6) is 0 Å². The van der Waals surface area contributed by atoms with Crippen LogP contribution in [0, 0.1) is 6.92 Å². The van der Waals surface area contributed by atoms with Crippen molar-refractivity contribution in [1.82, 2.24) is 0 Å². The lowest BCUT2D eigenvalue weighted by Crippen LogP contribution is -2.30. The SMILES string of the molecule is Cc1ccc(NC(=O)[C@@H](C)Cl)cc1N1CCCCC1. The average Bonchev–Trinajstić information content (AvgIpc) is 2.41. The molecule has 0 spiro atoms. The number of hydrogen-bond acceptors (Lipinski definition) is 2. The molecule has 1 heterocycles. The van der Waals surface area contributed by atoms with Crippen LogP contribution in [0.4, 0.5) is 11.4 Å². The lowest BCUT2D eigenvalue weighted by molar-refractivity contribution is -0.115. The number of alkyl halides is 1. The highest BCUT2D eigenvalue weighted by atomic mass is 35.5. The third-order valence-corrected chi connectivity index (χ3v) is 3.73. The number of benzene rings is 1.